The van der Waals surface area contributed by atoms with Crippen LogP contribution in [0.4, 0.5) is 21.7 Å². The molecule has 3 rings (SSSR count). The first-order valence-corrected chi connectivity index (χ1v) is 8.42. The molecule has 9 nitrogen and oxygen atoms in total. The highest BCUT2D eigenvalue weighted by Crippen LogP contribution is 2.23. The van der Waals surface area contributed by atoms with Crippen LogP contribution in [-0.2, 0) is 4.79 Å². The summed E-state index contributed by atoms with van der Waals surface area (Å²) < 4.78 is 13.3. The van der Waals surface area contributed by atoms with E-state index in [2.05, 4.69) is 25.6 Å². The maximum absolute atomic E-state index is 13.3. The smallest absolute Gasteiger partial charge is 0.271 e. The molecule has 3 aromatic rings. The van der Waals surface area contributed by atoms with Gasteiger partial charge >= 0.3 is 0 Å². The molecule has 0 saturated heterocycles. The highest BCUT2D eigenvalue weighted by Gasteiger charge is 2.17. The Bertz CT molecular complexity index is 1060. The molecule has 1 unspecified atom stereocenters. The Balaban J connectivity index is 1.94. The number of carbonyl (C=O) groups excluding carboxylic acids is 2. The summed E-state index contributed by atoms with van der Waals surface area (Å²) in [5.41, 5.74) is 11.6. The van der Waals surface area contributed by atoms with Crippen molar-refractivity contribution in [2.45, 2.75) is 19.4 Å². The highest BCUT2D eigenvalue weighted by molar-refractivity contribution is 5.96. The standard InChI is InChI=1S/C18H18FN7O2/c1-2-12(16(20)27)25-14-8-23-15(17(21)28)18(26-14)24-11-5-9-3-4-10(19)6-13(9)22-7-11/h3-8,12H,2H2,1H3,(H2,20,27)(H2,21,28)(H2,24,25,26). The summed E-state index contributed by atoms with van der Waals surface area (Å²) in [5, 5.41) is 6.48. The number of pyridine rings is 1. The molecular formula is C18H18FN7O2. The highest BCUT2D eigenvalue weighted by atomic mass is 19.1. The molecule has 1 atom stereocenters. The van der Waals surface area contributed by atoms with Crippen molar-refractivity contribution < 1.29 is 14.0 Å². The lowest BCUT2D eigenvalue weighted by Crippen LogP contribution is -2.35. The topological polar surface area (TPSA) is 149 Å². The molecule has 144 valence electrons. The summed E-state index contributed by atoms with van der Waals surface area (Å²) in [6, 6.07) is 5.29. The first-order chi connectivity index (χ1) is 13.4. The van der Waals surface area contributed by atoms with Gasteiger partial charge < -0.3 is 22.1 Å². The normalized spacial score (nSPS) is 11.8. The van der Waals surface area contributed by atoms with Crippen LogP contribution in [0.1, 0.15) is 23.8 Å². The number of fused-ring (bicyclic) bond motifs is 1. The third-order valence-corrected chi connectivity index (χ3v) is 3.99. The van der Waals surface area contributed by atoms with Gasteiger partial charge in [-0.15, -0.1) is 0 Å². The van der Waals surface area contributed by atoms with Crippen LogP contribution in [0.15, 0.2) is 36.7 Å². The van der Waals surface area contributed by atoms with Gasteiger partial charge in [0, 0.05) is 11.5 Å². The maximum Gasteiger partial charge on any atom is 0.271 e. The predicted octanol–water partition coefficient (Wildman–Crippen LogP) is 1.68. The third-order valence-electron chi connectivity index (χ3n) is 3.99. The summed E-state index contributed by atoms with van der Waals surface area (Å²) in [5.74, 6) is -1.38. The number of nitrogens with one attached hydrogen (secondary N) is 2. The van der Waals surface area contributed by atoms with E-state index in [0.29, 0.717) is 23.0 Å². The van der Waals surface area contributed by atoms with Crippen LogP contribution in [0.5, 0.6) is 0 Å². The summed E-state index contributed by atoms with van der Waals surface area (Å²) >= 11 is 0. The fourth-order valence-electron chi connectivity index (χ4n) is 2.58. The molecule has 10 heteroatoms. The molecule has 0 bridgehead atoms. The van der Waals surface area contributed by atoms with Gasteiger partial charge in [-0.25, -0.2) is 14.4 Å². The summed E-state index contributed by atoms with van der Waals surface area (Å²) in [7, 11) is 0. The Kier molecular flexibility index (Phi) is 5.30. The fourth-order valence-corrected chi connectivity index (χ4v) is 2.58. The molecule has 0 aliphatic rings. The second-order valence-electron chi connectivity index (χ2n) is 6.01. The lowest BCUT2D eigenvalue weighted by molar-refractivity contribution is -0.118. The number of hydrogen-bond donors (Lipinski definition) is 4. The number of amides is 2. The fraction of sp³-hybridized carbons (Fsp3) is 0.167. The molecule has 2 aromatic heterocycles. The van der Waals surface area contributed by atoms with E-state index in [4.69, 9.17) is 11.5 Å². The molecule has 0 spiro atoms. The minimum Gasteiger partial charge on any atom is -0.368 e. The number of benzene rings is 1. The van der Waals surface area contributed by atoms with Crippen molar-refractivity contribution in [1.82, 2.24) is 15.0 Å². The first-order valence-electron chi connectivity index (χ1n) is 8.42. The first kappa shape index (κ1) is 19.0. The average molecular weight is 383 g/mol. The van der Waals surface area contributed by atoms with E-state index in [-0.39, 0.29) is 23.1 Å². The molecule has 0 aliphatic heterocycles. The Morgan fingerprint density at radius 2 is 1.96 bits per heavy atom. The van der Waals surface area contributed by atoms with E-state index in [1.165, 1.54) is 24.5 Å². The molecule has 2 heterocycles. The molecule has 0 radical (unpaired) electrons. The predicted molar refractivity (Wildman–Crippen MR) is 102 cm³/mol. The number of nitrogens with zero attached hydrogens (tertiary/aromatic N) is 3. The number of halogens is 1. The van der Waals surface area contributed by atoms with Crippen molar-refractivity contribution in [3.05, 3.63) is 48.2 Å². The zero-order valence-electron chi connectivity index (χ0n) is 14.9. The lowest BCUT2D eigenvalue weighted by Gasteiger charge is -2.15. The van der Waals surface area contributed by atoms with E-state index in [0.717, 1.165) is 0 Å². The van der Waals surface area contributed by atoms with Crippen molar-refractivity contribution >= 4 is 40.0 Å². The summed E-state index contributed by atoms with van der Waals surface area (Å²) in [6.45, 7) is 1.79. The van der Waals surface area contributed by atoms with Crippen molar-refractivity contribution in [2.24, 2.45) is 11.5 Å². The van der Waals surface area contributed by atoms with Crippen LogP contribution in [0, 0.1) is 5.82 Å². The monoisotopic (exact) mass is 383 g/mol. The summed E-state index contributed by atoms with van der Waals surface area (Å²) in [6.07, 6.45) is 3.20. The number of rotatable bonds is 7. The average Bonchev–Trinajstić information content (AvgIpc) is 2.66. The van der Waals surface area contributed by atoms with Gasteiger partial charge in [-0.2, -0.15) is 0 Å². The van der Waals surface area contributed by atoms with E-state index >= 15 is 0 Å². The van der Waals surface area contributed by atoms with Crippen LogP contribution >= 0.6 is 0 Å². The quantitative estimate of drug-likeness (QED) is 0.485. The molecular weight excluding hydrogens is 365 g/mol. The van der Waals surface area contributed by atoms with Gasteiger partial charge in [0.2, 0.25) is 5.91 Å². The molecule has 0 aliphatic carbocycles. The van der Waals surface area contributed by atoms with Gasteiger partial charge in [0.15, 0.2) is 11.5 Å². The van der Waals surface area contributed by atoms with Crippen LogP contribution in [0.3, 0.4) is 0 Å². The van der Waals surface area contributed by atoms with Gasteiger partial charge in [-0.1, -0.05) is 6.92 Å². The van der Waals surface area contributed by atoms with Crippen molar-refractivity contribution in [3.63, 3.8) is 0 Å². The van der Waals surface area contributed by atoms with Gasteiger partial charge in [0.1, 0.15) is 17.7 Å². The second-order valence-corrected chi connectivity index (χ2v) is 6.01. The van der Waals surface area contributed by atoms with Crippen LogP contribution < -0.4 is 22.1 Å². The molecule has 2 amide bonds. The van der Waals surface area contributed by atoms with E-state index in [9.17, 15) is 14.0 Å². The zero-order chi connectivity index (χ0) is 20.3. The Labute approximate surface area is 159 Å². The van der Waals surface area contributed by atoms with Gasteiger partial charge in [-0.3, -0.25) is 14.6 Å². The second kappa shape index (κ2) is 7.82. The maximum atomic E-state index is 13.3. The van der Waals surface area contributed by atoms with Crippen LogP contribution in [-0.4, -0.2) is 32.8 Å². The Morgan fingerprint density at radius 3 is 2.64 bits per heavy atom. The number of aromatic nitrogens is 3. The number of nitrogens with two attached hydrogens (primary N) is 2. The number of hydrogen-bond acceptors (Lipinski definition) is 7. The number of anilines is 3. The lowest BCUT2D eigenvalue weighted by atomic mass is 10.2. The van der Waals surface area contributed by atoms with E-state index in [1.54, 1.807) is 19.1 Å². The molecule has 1 aromatic carbocycles. The molecule has 6 N–H and O–H groups in total. The third kappa shape index (κ3) is 4.11. The number of primary amides is 2. The SMILES string of the molecule is CCC(Nc1cnc(C(N)=O)c(Nc2cnc3cc(F)ccc3c2)n1)C(N)=O. The van der Waals surface area contributed by atoms with Crippen molar-refractivity contribution in [1.29, 1.82) is 0 Å². The molecule has 0 fully saturated rings. The minimum atomic E-state index is -0.778. The van der Waals surface area contributed by atoms with Crippen LogP contribution in [0.25, 0.3) is 10.9 Å². The van der Waals surface area contributed by atoms with Gasteiger partial charge in [0.25, 0.3) is 5.91 Å². The number of carbonyl (C=O) groups is 2. The van der Waals surface area contributed by atoms with Gasteiger partial charge in [0.05, 0.1) is 23.6 Å². The van der Waals surface area contributed by atoms with E-state index in [1.807, 2.05) is 0 Å². The van der Waals surface area contributed by atoms with Gasteiger partial charge in [-0.05, 0) is 24.6 Å². The molecule has 0 saturated carbocycles. The van der Waals surface area contributed by atoms with Crippen LogP contribution in [0.2, 0.25) is 0 Å². The minimum absolute atomic E-state index is 0.0834. The Hall–Kier alpha value is -3.82. The Morgan fingerprint density at radius 1 is 1.18 bits per heavy atom. The molecule has 28 heavy (non-hydrogen) atoms. The zero-order valence-corrected chi connectivity index (χ0v) is 14.9. The largest absolute Gasteiger partial charge is 0.368 e. The van der Waals surface area contributed by atoms with Crippen molar-refractivity contribution in [3.8, 4) is 0 Å². The van der Waals surface area contributed by atoms with E-state index < -0.39 is 17.9 Å². The summed E-state index contributed by atoms with van der Waals surface area (Å²) in [4.78, 5) is 35.6. The van der Waals surface area contributed by atoms with Crippen molar-refractivity contribution in [2.75, 3.05) is 10.6 Å².